The first-order valence-electron chi connectivity index (χ1n) is 10.3. The van der Waals surface area contributed by atoms with Gasteiger partial charge < -0.3 is 14.6 Å². The van der Waals surface area contributed by atoms with Crippen LogP contribution in [0.2, 0.25) is 0 Å². The van der Waals surface area contributed by atoms with Gasteiger partial charge in [-0.3, -0.25) is 14.3 Å². The van der Waals surface area contributed by atoms with E-state index in [1.54, 1.807) is 38.1 Å². The molecule has 32 heavy (non-hydrogen) atoms. The Labute approximate surface area is 184 Å². The van der Waals surface area contributed by atoms with Crippen LogP contribution >= 0.6 is 0 Å². The number of aliphatic hydroxyl groups is 1. The van der Waals surface area contributed by atoms with E-state index in [1.807, 2.05) is 10.8 Å². The number of amides is 1. The molecule has 1 N–H and O–H groups in total. The molecule has 1 aliphatic rings. The van der Waals surface area contributed by atoms with Crippen LogP contribution in [0.4, 0.5) is 4.39 Å². The summed E-state index contributed by atoms with van der Waals surface area (Å²) in [5.41, 5.74) is 2.18. The molecule has 1 saturated heterocycles. The highest BCUT2D eigenvalue weighted by Gasteiger charge is 2.46. The molecule has 1 aliphatic heterocycles. The van der Waals surface area contributed by atoms with Crippen molar-refractivity contribution in [1.82, 2.24) is 24.2 Å². The topological polar surface area (TPSA) is 93.2 Å². The average Bonchev–Trinajstić information content (AvgIpc) is 3.43. The number of aliphatic hydroxyl groups excluding tert-OH is 1. The van der Waals surface area contributed by atoms with E-state index in [2.05, 4.69) is 10.1 Å². The van der Waals surface area contributed by atoms with E-state index in [-0.39, 0.29) is 17.9 Å². The lowest BCUT2D eigenvalue weighted by Gasteiger charge is -2.25. The summed E-state index contributed by atoms with van der Waals surface area (Å²) < 4.78 is 17.1. The maximum atomic E-state index is 13.6. The second kappa shape index (κ2) is 8.41. The fourth-order valence-electron chi connectivity index (χ4n) is 4.20. The summed E-state index contributed by atoms with van der Waals surface area (Å²) in [5, 5.41) is 15.5. The summed E-state index contributed by atoms with van der Waals surface area (Å²) in [5.74, 6) is -2.14. The highest BCUT2D eigenvalue weighted by Crippen LogP contribution is 2.40. The van der Waals surface area contributed by atoms with Crippen LogP contribution in [-0.4, -0.2) is 47.6 Å². The van der Waals surface area contributed by atoms with Crippen molar-refractivity contribution in [2.24, 2.45) is 7.05 Å². The summed E-state index contributed by atoms with van der Waals surface area (Å²) >= 11 is 0. The fraction of sp³-hybridized carbons (Fsp3) is 0.304. The minimum Gasteiger partial charge on any atom is -0.507 e. The first-order chi connectivity index (χ1) is 15.3. The second-order valence-electron chi connectivity index (χ2n) is 7.87. The summed E-state index contributed by atoms with van der Waals surface area (Å²) in [6, 6.07) is 4.80. The van der Waals surface area contributed by atoms with Gasteiger partial charge in [-0.1, -0.05) is 12.1 Å². The van der Waals surface area contributed by atoms with Gasteiger partial charge in [0.05, 0.1) is 29.2 Å². The largest absolute Gasteiger partial charge is 0.507 e. The third-order valence-corrected chi connectivity index (χ3v) is 5.85. The molecular weight excluding hydrogens is 413 g/mol. The molecular formula is C23H24FN5O3. The fourth-order valence-corrected chi connectivity index (χ4v) is 4.20. The molecule has 0 radical (unpaired) electrons. The summed E-state index contributed by atoms with van der Waals surface area (Å²) in [4.78, 5) is 31.5. The van der Waals surface area contributed by atoms with Crippen molar-refractivity contribution in [2.75, 3.05) is 6.54 Å². The van der Waals surface area contributed by atoms with Crippen LogP contribution in [0.1, 0.15) is 35.0 Å². The minimum atomic E-state index is -0.822. The van der Waals surface area contributed by atoms with Crippen LogP contribution in [0.15, 0.2) is 48.6 Å². The Bertz CT molecular complexity index is 1200. The Kier molecular flexibility index (Phi) is 5.65. The molecule has 3 heterocycles. The molecule has 0 bridgehead atoms. The zero-order chi connectivity index (χ0) is 23.0. The molecule has 1 amide bonds. The maximum Gasteiger partial charge on any atom is 0.295 e. The highest BCUT2D eigenvalue weighted by atomic mass is 19.1. The molecule has 3 aromatic rings. The molecule has 1 atom stereocenters. The van der Waals surface area contributed by atoms with Gasteiger partial charge in [-0.05, 0) is 38.0 Å². The molecule has 1 aromatic carbocycles. The van der Waals surface area contributed by atoms with E-state index in [9.17, 15) is 19.1 Å². The summed E-state index contributed by atoms with van der Waals surface area (Å²) in [6.45, 7) is 4.41. The van der Waals surface area contributed by atoms with E-state index in [0.717, 1.165) is 0 Å². The number of nitrogens with zero attached hydrogens (tertiary/aromatic N) is 5. The number of likely N-dealkylation sites (tertiary alicyclic amines) is 1. The van der Waals surface area contributed by atoms with E-state index in [1.165, 1.54) is 29.2 Å². The van der Waals surface area contributed by atoms with Gasteiger partial charge in [-0.15, -0.1) is 0 Å². The Morgan fingerprint density at radius 1 is 1.16 bits per heavy atom. The van der Waals surface area contributed by atoms with Gasteiger partial charge >= 0.3 is 0 Å². The molecule has 8 nitrogen and oxygen atoms in total. The third kappa shape index (κ3) is 3.70. The minimum absolute atomic E-state index is 0.0107. The van der Waals surface area contributed by atoms with Crippen molar-refractivity contribution in [3.8, 4) is 0 Å². The first-order valence-corrected chi connectivity index (χ1v) is 10.3. The van der Waals surface area contributed by atoms with Gasteiger partial charge in [0, 0.05) is 38.2 Å². The third-order valence-electron chi connectivity index (χ3n) is 5.85. The molecule has 0 unspecified atom stereocenters. The number of hydrogen-bond acceptors (Lipinski definition) is 5. The van der Waals surface area contributed by atoms with Gasteiger partial charge in [-0.2, -0.15) is 5.10 Å². The van der Waals surface area contributed by atoms with Gasteiger partial charge in [0.2, 0.25) is 0 Å². The number of Topliss-reactive ketones (excluding diaryl/α,β-unsaturated/α-hetero) is 1. The number of halogens is 1. The number of imidazole rings is 1. The average molecular weight is 437 g/mol. The number of carbonyl (C=O) groups is 2. The second-order valence-corrected chi connectivity index (χ2v) is 7.87. The molecule has 0 saturated carbocycles. The standard InChI is InChI=1S/C23H24FN5O3/c1-14-18(15(2)27(3)26-14)21(30)19-20(16-5-7-17(24)8-6-16)29(23(32)22(19)31)11-4-10-28-12-9-25-13-28/h5-9,12-13,20,30H,4,10-11H2,1-3H3/b21-19+/t20-/m0/s1. The molecule has 4 rings (SSSR count). The van der Waals surface area contributed by atoms with Crippen molar-refractivity contribution in [2.45, 2.75) is 32.9 Å². The lowest BCUT2D eigenvalue weighted by atomic mass is 9.94. The number of hydrogen-bond donors (Lipinski definition) is 1. The van der Waals surface area contributed by atoms with E-state index < -0.39 is 23.5 Å². The Balaban J connectivity index is 1.77. The molecule has 9 heteroatoms. The van der Waals surface area contributed by atoms with Crippen molar-refractivity contribution < 1.29 is 19.1 Å². The number of carbonyl (C=O) groups excluding carboxylic acids is 2. The monoisotopic (exact) mass is 437 g/mol. The number of aryl methyl sites for hydroxylation is 3. The molecule has 166 valence electrons. The van der Waals surface area contributed by atoms with Crippen molar-refractivity contribution in [3.05, 3.63) is 76.9 Å². The first kappa shape index (κ1) is 21.5. The lowest BCUT2D eigenvalue weighted by Crippen LogP contribution is -2.31. The zero-order valence-electron chi connectivity index (χ0n) is 18.1. The normalized spacial score (nSPS) is 18.0. The quantitative estimate of drug-likeness (QED) is 0.364. The van der Waals surface area contributed by atoms with Crippen LogP contribution in [0.25, 0.3) is 5.76 Å². The zero-order valence-corrected chi connectivity index (χ0v) is 18.1. The molecule has 1 fully saturated rings. The van der Waals surface area contributed by atoms with Gasteiger partial charge in [-0.25, -0.2) is 9.37 Å². The van der Waals surface area contributed by atoms with Crippen LogP contribution in [0, 0.1) is 19.7 Å². The Morgan fingerprint density at radius 3 is 2.47 bits per heavy atom. The van der Waals surface area contributed by atoms with Crippen molar-refractivity contribution in [1.29, 1.82) is 0 Å². The highest BCUT2D eigenvalue weighted by molar-refractivity contribution is 6.46. The SMILES string of the molecule is Cc1nn(C)c(C)c1/C(O)=C1\C(=O)C(=O)N(CCCn2ccnc2)[C@H]1c1ccc(F)cc1. The number of ketones is 1. The molecule has 0 spiro atoms. The lowest BCUT2D eigenvalue weighted by molar-refractivity contribution is -0.139. The number of aromatic nitrogens is 4. The number of rotatable bonds is 6. The predicted octanol–water partition coefficient (Wildman–Crippen LogP) is 2.88. The Hall–Kier alpha value is -3.75. The van der Waals surface area contributed by atoms with Crippen LogP contribution in [0.3, 0.4) is 0 Å². The van der Waals surface area contributed by atoms with Crippen LogP contribution in [-0.2, 0) is 23.2 Å². The molecule has 0 aliphatic carbocycles. The van der Waals surface area contributed by atoms with E-state index >= 15 is 0 Å². The van der Waals surface area contributed by atoms with Crippen LogP contribution < -0.4 is 0 Å². The summed E-state index contributed by atoms with van der Waals surface area (Å²) in [7, 11) is 1.74. The van der Waals surface area contributed by atoms with E-state index in [4.69, 9.17) is 0 Å². The van der Waals surface area contributed by atoms with Crippen molar-refractivity contribution >= 4 is 17.4 Å². The van der Waals surface area contributed by atoms with Gasteiger partial charge in [0.1, 0.15) is 11.6 Å². The van der Waals surface area contributed by atoms with Crippen LogP contribution in [0.5, 0.6) is 0 Å². The molecule has 2 aromatic heterocycles. The van der Waals surface area contributed by atoms with Crippen molar-refractivity contribution in [3.63, 3.8) is 0 Å². The Morgan fingerprint density at radius 2 is 1.88 bits per heavy atom. The maximum absolute atomic E-state index is 13.6. The smallest absolute Gasteiger partial charge is 0.295 e. The number of benzene rings is 1. The van der Waals surface area contributed by atoms with Gasteiger partial charge in [0.25, 0.3) is 11.7 Å². The van der Waals surface area contributed by atoms with Gasteiger partial charge in [0.15, 0.2) is 0 Å². The van der Waals surface area contributed by atoms with E-state index in [0.29, 0.717) is 35.5 Å². The summed E-state index contributed by atoms with van der Waals surface area (Å²) in [6.07, 6.45) is 5.74. The predicted molar refractivity (Wildman–Crippen MR) is 115 cm³/mol.